The fraction of sp³-hybridized carbons (Fsp3) is 0.286. The van der Waals surface area contributed by atoms with Crippen molar-refractivity contribution in [1.82, 2.24) is 10.8 Å². The Kier molecular flexibility index (Phi) is 6.50. The van der Waals surface area contributed by atoms with E-state index >= 15 is 0 Å². The third-order valence-corrected chi connectivity index (χ3v) is 4.81. The van der Waals surface area contributed by atoms with E-state index in [1.54, 1.807) is 0 Å². The van der Waals surface area contributed by atoms with Gasteiger partial charge >= 0.3 is 23.9 Å². The SMILES string of the molecule is CC(ONC(=O)C(F)(F)CNC(=O)OCC1c2ccccc2-c2ccccc21)C(=O)O. The minimum atomic E-state index is -4.04. The molecule has 2 aromatic carbocycles. The van der Waals surface area contributed by atoms with E-state index in [1.165, 1.54) is 5.48 Å². The molecule has 2 amide bonds. The molecule has 31 heavy (non-hydrogen) atoms. The van der Waals surface area contributed by atoms with Gasteiger partial charge in [-0.3, -0.25) is 9.63 Å². The molecule has 1 aliphatic carbocycles. The van der Waals surface area contributed by atoms with Gasteiger partial charge in [-0.25, -0.2) is 15.1 Å². The van der Waals surface area contributed by atoms with Crippen LogP contribution in [-0.4, -0.2) is 48.3 Å². The van der Waals surface area contributed by atoms with Gasteiger partial charge in [0.15, 0.2) is 6.10 Å². The Labute approximate surface area is 176 Å². The Morgan fingerprint density at radius 3 is 2.16 bits per heavy atom. The molecule has 3 N–H and O–H groups in total. The van der Waals surface area contributed by atoms with Crippen molar-refractivity contribution >= 4 is 18.0 Å². The normalized spacial score (nSPS) is 13.6. The molecule has 164 valence electrons. The summed E-state index contributed by atoms with van der Waals surface area (Å²) in [7, 11) is 0. The summed E-state index contributed by atoms with van der Waals surface area (Å²) in [6.45, 7) is -0.368. The van der Waals surface area contributed by atoms with Crippen LogP contribution < -0.4 is 10.8 Å². The molecule has 2 aromatic rings. The number of carboxylic acids is 1. The Balaban J connectivity index is 1.54. The molecule has 8 nitrogen and oxygen atoms in total. The molecule has 0 fully saturated rings. The third-order valence-electron chi connectivity index (χ3n) is 4.81. The van der Waals surface area contributed by atoms with Crippen molar-refractivity contribution in [1.29, 1.82) is 0 Å². The number of fused-ring (bicyclic) bond motifs is 3. The molecule has 0 aromatic heterocycles. The molecule has 1 unspecified atom stereocenters. The number of rotatable bonds is 8. The van der Waals surface area contributed by atoms with E-state index in [0.29, 0.717) is 0 Å². The minimum absolute atomic E-state index is 0.0726. The van der Waals surface area contributed by atoms with Gasteiger partial charge in [-0.05, 0) is 29.2 Å². The maximum absolute atomic E-state index is 13.9. The number of halogens is 2. The zero-order valence-electron chi connectivity index (χ0n) is 16.4. The summed E-state index contributed by atoms with van der Waals surface area (Å²) >= 11 is 0. The highest BCUT2D eigenvalue weighted by Crippen LogP contribution is 2.44. The lowest BCUT2D eigenvalue weighted by atomic mass is 9.98. The van der Waals surface area contributed by atoms with Crippen molar-refractivity contribution in [3.05, 3.63) is 59.7 Å². The van der Waals surface area contributed by atoms with Gasteiger partial charge in [0.2, 0.25) is 0 Å². The number of ether oxygens (including phenoxy) is 1. The second-order valence-electron chi connectivity index (χ2n) is 6.91. The molecule has 1 atom stereocenters. The molecule has 1 aliphatic rings. The molecule has 0 saturated carbocycles. The fourth-order valence-electron chi connectivity index (χ4n) is 3.18. The van der Waals surface area contributed by atoms with E-state index in [-0.39, 0.29) is 12.5 Å². The smallest absolute Gasteiger partial charge is 0.407 e. The second-order valence-corrected chi connectivity index (χ2v) is 6.91. The average molecular weight is 434 g/mol. The van der Waals surface area contributed by atoms with Gasteiger partial charge in [-0.1, -0.05) is 48.5 Å². The monoisotopic (exact) mass is 434 g/mol. The molecule has 0 saturated heterocycles. The van der Waals surface area contributed by atoms with Gasteiger partial charge in [-0.15, -0.1) is 0 Å². The first-order chi connectivity index (χ1) is 14.7. The molecule has 10 heteroatoms. The van der Waals surface area contributed by atoms with E-state index in [4.69, 9.17) is 9.84 Å². The maximum Gasteiger partial charge on any atom is 0.407 e. The van der Waals surface area contributed by atoms with E-state index < -0.39 is 36.5 Å². The zero-order valence-corrected chi connectivity index (χ0v) is 16.4. The second kappa shape index (κ2) is 9.09. The summed E-state index contributed by atoms with van der Waals surface area (Å²) in [6.07, 6.45) is -2.64. The topological polar surface area (TPSA) is 114 Å². The highest BCUT2D eigenvalue weighted by molar-refractivity contribution is 5.84. The molecular weight excluding hydrogens is 414 g/mol. The molecular formula is C21H20F2N2O6. The molecule has 0 bridgehead atoms. The van der Waals surface area contributed by atoms with E-state index in [9.17, 15) is 23.2 Å². The van der Waals surface area contributed by atoms with Crippen LogP contribution in [0.25, 0.3) is 11.1 Å². The first-order valence-corrected chi connectivity index (χ1v) is 9.36. The van der Waals surface area contributed by atoms with Gasteiger partial charge in [0.05, 0.1) is 6.54 Å². The van der Waals surface area contributed by atoms with Crippen LogP contribution in [0.2, 0.25) is 0 Å². The highest BCUT2D eigenvalue weighted by atomic mass is 19.3. The highest BCUT2D eigenvalue weighted by Gasteiger charge is 2.40. The number of carbonyl (C=O) groups is 3. The predicted molar refractivity (Wildman–Crippen MR) is 104 cm³/mol. The van der Waals surface area contributed by atoms with Crippen LogP contribution in [0.4, 0.5) is 13.6 Å². The summed E-state index contributed by atoms with van der Waals surface area (Å²) in [5, 5.41) is 10.5. The van der Waals surface area contributed by atoms with Crippen molar-refractivity contribution < 1.29 is 37.8 Å². The quantitative estimate of drug-likeness (QED) is 0.551. The summed E-state index contributed by atoms with van der Waals surface area (Å²) in [5.41, 5.74) is 5.33. The van der Waals surface area contributed by atoms with Gasteiger partial charge in [0.25, 0.3) is 0 Å². The van der Waals surface area contributed by atoms with Crippen LogP contribution in [0.5, 0.6) is 0 Å². The Bertz CT molecular complexity index is 952. The minimum Gasteiger partial charge on any atom is -0.479 e. The van der Waals surface area contributed by atoms with E-state index in [2.05, 4.69) is 4.84 Å². The number of hydroxylamine groups is 1. The Morgan fingerprint density at radius 1 is 1.06 bits per heavy atom. The number of carbonyl (C=O) groups excluding carboxylic acids is 2. The van der Waals surface area contributed by atoms with E-state index in [1.807, 2.05) is 53.8 Å². The first kappa shape index (κ1) is 22.2. The average Bonchev–Trinajstić information content (AvgIpc) is 3.08. The zero-order chi connectivity index (χ0) is 22.6. The van der Waals surface area contributed by atoms with Crippen molar-refractivity contribution in [3.63, 3.8) is 0 Å². The largest absolute Gasteiger partial charge is 0.479 e. The number of alkyl carbamates (subject to hydrolysis) is 1. The lowest BCUT2D eigenvalue weighted by Crippen LogP contribution is -2.49. The number of nitrogens with one attached hydrogen (secondary N) is 2. The first-order valence-electron chi connectivity index (χ1n) is 9.36. The number of amides is 2. The van der Waals surface area contributed by atoms with Gasteiger partial charge < -0.3 is 15.2 Å². The lowest BCUT2D eigenvalue weighted by Gasteiger charge is -2.18. The number of hydrogen-bond acceptors (Lipinski definition) is 5. The van der Waals surface area contributed by atoms with Gasteiger partial charge in [0, 0.05) is 5.92 Å². The summed E-state index contributed by atoms with van der Waals surface area (Å²) < 4.78 is 32.8. The predicted octanol–water partition coefficient (Wildman–Crippen LogP) is 2.68. The van der Waals surface area contributed by atoms with Crippen molar-refractivity contribution in [2.75, 3.05) is 13.2 Å². The van der Waals surface area contributed by atoms with Crippen LogP contribution in [0, 0.1) is 0 Å². The van der Waals surface area contributed by atoms with E-state index in [0.717, 1.165) is 29.2 Å². The summed E-state index contributed by atoms with van der Waals surface area (Å²) in [4.78, 5) is 38.3. The van der Waals surface area contributed by atoms with Crippen LogP contribution in [0.15, 0.2) is 48.5 Å². The summed E-state index contributed by atoms with van der Waals surface area (Å²) in [5.74, 6) is -7.61. The van der Waals surface area contributed by atoms with Crippen LogP contribution in [0.3, 0.4) is 0 Å². The third kappa shape index (κ3) is 4.97. The summed E-state index contributed by atoms with van der Waals surface area (Å²) in [6, 6.07) is 15.3. The van der Waals surface area contributed by atoms with Crippen molar-refractivity contribution in [3.8, 4) is 11.1 Å². The van der Waals surface area contributed by atoms with Crippen LogP contribution >= 0.6 is 0 Å². The number of aliphatic carboxylic acids is 1. The number of alkyl halides is 2. The molecule has 3 rings (SSSR count). The van der Waals surface area contributed by atoms with Crippen LogP contribution in [0.1, 0.15) is 24.0 Å². The number of benzene rings is 2. The fourth-order valence-corrected chi connectivity index (χ4v) is 3.18. The number of carboxylic acid groups (broad SMARTS) is 1. The molecule has 0 heterocycles. The molecule has 0 aliphatic heterocycles. The lowest BCUT2D eigenvalue weighted by molar-refractivity contribution is -0.170. The molecule has 0 spiro atoms. The molecule has 0 radical (unpaired) electrons. The number of hydrogen-bond donors (Lipinski definition) is 3. The van der Waals surface area contributed by atoms with Gasteiger partial charge in [-0.2, -0.15) is 8.78 Å². The van der Waals surface area contributed by atoms with Gasteiger partial charge in [0.1, 0.15) is 6.61 Å². The van der Waals surface area contributed by atoms with Crippen molar-refractivity contribution in [2.24, 2.45) is 0 Å². The Morgan fingerprint density at radius 2 is 1.61 bits per heavy atom. The van der Waals surface area contributed by atoms with Crippen molar-refractivity contribution in [2.45, 2.75) is 24.9 Å². The van der Waals surface area contributed by atoms with Crippen LogP contribution in [-0.2, 0) is 19.2 Å². The standard InChI is InChI=1S/C21H20F2N2O6/c1-12(18(26)27)31-25-19(28)21(22,23)11-24-20(29)30-10-17-15-8-4-2-6-13(15)14-7-3-5-9-16(14)17/h2-9,12,17H,10-11H2,1H3,(H,24,29)(H,25,28)(H,26,27). The Hall–Kier alpha value is -3.53. The maximum atomic E-state index is 13.9.